The maximum absolute atomic E-state index is 11.3. The van der Waals surface area contributed by atoms with E-state index < -0.39 is 9.84 Å². The van der Waals surface area contributed by atoms with Crippen molar-refractivity contribution in [3.63, 3.8) is 0 Å². The number of piperidine rings is 1. The minimum absolute atomic E-state index is 0.120. The van der Waals surface area contributed by atoms with Crippen LogP contribution in [0.4, 0.5) is 5.69 Å². The summed E-state index contributed by atoms with van der Waals surface area (Å²) in [7, 11) is -1.07. The minimum Gasteiger partial charge on any atom is -0.381 e. The predicted molar refractivity (Wildman–Crippen MR) is 76.1 cm³/mol. The quantitative estimate of drug-likeness (QED) is 0.908. The third-order valence-electron chi connectivity index (χ3n) is 3.70. The summed E-state index contributed by atoms with van der Waals surface area (Å²) in [5, 5.41) is 3.55. The maximum atomic E-state index is 11.3. The van der Waals surface area contributed by atoms with E-state index in [1.807, 2.05) is 0 Å². The predicted octanol–water partition coefficient (Wildman–Crippen LogP) is 1.38. The van der Waals surface area contributed by atoms with Crippen molar-refractivity contribution in [2.45, 2.75) is 36.9 Å². The van der Waals surface area contributed by atoms with Gasteiger partial charge in [0.15, 0.2) is 14.9 Å². The highest BCUT2D eigenvalue weighted by atomic mass is 32.2. The zero-order valence-electron chi connectivity index (χ0n) is 11.6. The molecule has 1 aromatic rings. The number of hydrogen-bond acceptors (Lipinski definition) is 5. The van der Waals surface area contributed by atoms with Gasteiger partial charge in [0.1, 0.15) is 0 Å². The van der Waals surface area contributed by atoms with Gasteiger partial charge >= 0.3 is 0 Å². The molecular formula is C13H21N3O2S. The second kappa shape index (κ2) is 5.46. The van der Waals surface area contributed by atoms with E-state index in [1.54, 1.807) is 18.3 Å². The Labute approximate surface area is 114 Å². The van der Waals surface area contributed by atoms with E-state index in [0.717, 1.165) is 25.1 Å². The van der Waals surface area contributed by atoms with Crippen LogP contribution in [-0.2, 0) is 9.84 Å². The van der Waals surface area contributed by atoms with Gasteiger partial charge in [-0.25, -0.2) is 13.4 Å². The summed E-state index contributed by atoms with van der Waals surface area (Å²) in [6, 6.07) is 4.33. The summed E-state index contributed by atoms with van der Waals surface area (Å²) >= 11 is 0. The molecule has 0 amide bonds. The molecule has 2 atom stereocenters. The molecule has 2 rings (SSSR count). The van der Waals surface area contributed by atoms with E-state index in [0.29, 0.717) is 12.1 Å². The number of nitrogens with zero attached hydrogens (tertiary/aromatic N) is 2. The van der Waals surface area contributed by atoms with Gasteiger partial charge in [-0.05, 0) is 38.9 Å². The first-order valence-electron chi connectivity index (χ1n) is 6.49. The average Bonchev–Trinajstić information content (AvgIpc) is 2.33. The molecule has 2 unspecified atom stereocenters. The molecule has 1 aliphatic heterocycles. The first-order valence-corrected chi connectivity index (χ1v) is 8.38. The number of pyridine rings is 1. The van der Waals surface area contributed by atoms with Crippen molar-refractivity contribution in [3.05, 3.63) is 18.3 Å². The molecule has 0 aromatic carbocycles. The van der Waals surface area contributed by atoms with Gasteiger partial charge in [0, 0.05) is 24.9 Å². The van der Waals surface area contributed by atoms with Crippen LogP contribution in [0.2, 0.25) is 0 Å². The lowest BCUT2D eigenvalue weighted by molar-refractivity contribution is 0.190. The number of aromatic nitrogens is 1. The Morgan fingerprint density at radius 3 is 2.68 bits per heavy atom. The Hall–Kier alpha value is -1.14. The fourth-order valence-corrected chi connectivity index (χ4v) is 2.90. The van der Waals surface area contributed by atoms with Crippen LogP contribution in [0.1, 0.15) is 19.8 Å². The number of nitrogens with one attached hydrogen (secondary N) is 1. The second-order valence-corrected chi connectivity index (χ2v) is 7.32. The molecule has 1 fully saturated rings. The van der Waals surface area contributed by atoms with Crippen molar-refractivity contribution in [2.75, 3.05) is 25.2 Å². The van der Waals surface area contributed by atoms with E-state index >= 15 is 0 Å². The van der Waals surface area contributed by atoms with E-state index in [-0.39, 0.29) is 5.03 Å². The van der Waals surface area contributed by atoms with E-state index in [2.05, 4.69) is 29.2 Å². The molecule has 1 N–H and O–H groups in total. The summed E-state index contributed by atoms with van der Waals surface area (Å²) in [5.74, 6) is 0. The van der Waals surface area contributed by atoms with E-state index in [1.165, 1.54) is 6.26 Å². The number of likely N-dealkylation sites (tertiary alicyclic amines) is 1. The monoisotopic (exact) mass is 283 g/mol. The average molecular weight is 283 g/mol. The van der Waals surface area contributed by atoms with Crippen molar-refractivity contribution >= 4 is 15.5 Å². The van der Waals surface area contributed by atoms with Crippen LogP contribution < -0.4 is 5.32 Å². The molecule has 0 radical (unpaired) electrons. The fourth-order valence-electron chi connectivity index (χ4n) is 2.34. The first-order chi connectivity index (χ1) is 8.86. The number of sulfone groups is 1. The first kappa shape index (κ1) is 14.3. The zero-order chi connectivity index (χ0) is 14.0. The highest BCUT2D eigenvalue weighted by Gasteiger charge is 2.22. The van der Waals surface area contributed by atoms with E-state index in [9.17, 15) is 8.42 Å². The van der Waals surface area contributed by atoms with Crippen molar-refractivity contribution < 1.29 is 8.42 Å². The lowest BCUT2D eigenvalue weighted by atomic mass is 9.99. The lowest BCUT2D eigenvalue weighted by Crippen LogP contribution is -2.42. The second-order valence-electron chi connectivity index (χ2n) is 5.35. The van der Waals surface area contributed by atoms with Gasteiger partial charge < -0.3 is 10.2 Å². The van der Waals surface area contributed by atoms with Crippen molar-refractivity contribution in [1.29, 1.82) is 0 Å². The zero-order valence-corrected chi connectivity index (χ0v) is 12.4. The molecule has 0 spiro atoms. The summed E-state index contributed by atoms with van der Waals surface area (Å²) in [6.07, 6.45) is 4.94. The topological polar surface area (TPSA) is 62.3 Å². The van der Waals surface area contributed by atoms with Gasteiger partial charge in [-0.15, -0.1) is 0 Å². The molecule has 6 heteroatoms. The molecule has 1 aromatic heterocycles. The Kier molecular flexibility index (Phi) is 4.10. The van der Waals surface area contributed by atoms with Gasteiger partial charge in [0.2, 0.25) is 0 Å². The van der Waals surface area contributed by atoms with Crippen LogP contribution in [0.5, 0.6) is 0 Å². The number of anilines is 1. The summed E-state index contributed by atoms with van der Waals surface area (Å²) in [6.45, 7) is 3.30. The SMILES string of the molecule is CC1CC(Nc2ccc(S(C)(=O)=O)nc2)CCN1C. The van der Waals surface area contributed by atoms with Gasteiger partial charge in [-0.1, -0.05) is 0 Å². The number of hydrogen-bond donors (Lipinski definition) is 1. The summed E-state index contributed by atoms with van der Waals surface area (Å²) in [5.41, 5.74) is 0.883. The van der Waals surface area contributed by atoms with Crippen LogP contribution in [0.15, 0.2) is 23.4 Å². The molecule has 1 aliphatic rings. The molecule has 0 bridgehead atoms. The van der Waals surface area contributed by atoms with Crippen molar-refractivity contribution in [2.24, 2.45) is 0 Å². The molecule has 0 saturated carbocycles. The van der Waals surface area contributed by atoms with Crippen LogP contribution in [0.3, 0.4) is 0 Å². The molecule has 19 heavy (non-hydrogen) atoms. The maximum Gasteiger partial charge on any atom is 0.192 e. The largest absolute Gasteiger partial charge is 0.381 e. The van der Waals surface area contributed by atoms with Crippen LogP contribution in [0.25, 0.3) is 0 Å². The fraction of sp³-hybridized carbons (Fsp3) is 0.615. The Bertz CT molecular complexity index is 527. The molecule has 5 nitrogen and oxygen atoms in total. The highest BCUT2D eigenvalue weighted by Crippen LogP contribution is 2.20. The standard InChI is InChI=1S/C13H21N3O2S/c1-10-8-11(6-7-16(10)2)15-12-4-5-13(14-9-12)19(3,17)18/h4-5,9-11,15H,6-8H2,1-3H3. The van der Waals surface area contributed by atoms with Crippen molar-refractivity contribution in [1.82, 2.24) is 9.88 Å². The van der Waals surface area contributed by atoms with Gasteiger partial charge in [-0.2, -0.15) is 0 Å². The molecule has 2 heterocycles. The Morgan fingerprint density at radius 1 is 1.42 bits per heavy atom. The molecule has 1 saturated heterocycles. The smallest absolute Gasteiger partial charge is 0.192 e. The minimum atomic E-state index is -3.21. The summed E-state index contributed by atoms with van der Waals surface area (Å²) in [4.78, 5) is 6.34. The number of rotatable bonds is 3. The normalized spacial score (nSPS) is 25.2. The highest BCUT2D eigenvalue weighted by molar-refractivity contribution is 7.90. The van der Waals surface area contributed by atoms with Crippen LogP contribution >= 0.6 is 0 Å². The van der Waals surface area contributed by atoms with Crippen LogP contribution in [0, 0.1) is 0 Å². The van der Waals surface area contributed by atoms with E-state index in [4.69, 9.17) is 0 Å². The molecule has 106 valence electrons. The van der Waals surface area contributed by atoms with Gasteiger partial charge in [-0.3, -0.25) is 0 Å². The third-order valence-corrected chi connectivity index (χ3v) is 4.70. The molecule has 0 aliphatic carbocycles. The van der Waals surface area contributed by atoms with Crippen molar-refractivity contribution in [3.8, 4) is 0 Å². The Morgan fingerprint density at radius 2 is 2.16 bits per heavy atom. The van der Waals surface area contributed by atoms with Gasteiger partial charge in [0.05, 0.1) is 11.9 Å². The Balaban J connectivity index is 2.00. The lowest BCUT2D eigenvalue weighted by Gasteiger charge is -2.35. The third kappa shape index (κ3) is 3.67. The van der Waals surface area contributed by atoms with Crippen LogP contribution in [-0.4, -0.2) is 50.2 Å². The molecular weight excluding hydrogens is 262 g/mol. The van der Waals surface area contributed by atoms with Gasteiger partial charge in [0.25, 0.3) is 0 Å². The summed E-state index contributed by atoms with van der Waals surface area (Å²) < 4.78 is 22.6.